The van der Waals surface area contributed by atoms with Gasteiger partial charge >= 0.3 is 0 Å². The summed E-state index contributed by atoms with van der Waals surface area (Å²) < 4.78 is 0. The highest BCUT2D eigenvalue weighted by molar-refractivity contribution is 6.48. The van der Waals surface area contributed by atoms with Crippen LogP contribution in [0, 0.1) is 0 Å². The van der Waals surface area contributed by atoms with Gasteiger partial charge in [-0.05, 0) is 12.1 Å². The molecule has 53 valence electrons. The second-order valence-electron chi connectivity index (χ2n) is 1.67. The molecule has 0 bridgehead atoms. The minimum Gasteiger partial charge on any atom is -0.288 e. The summed E-state index contributed by atoms with van der Waals surface area (Å²) in [6, 6.07) is 2.69. The quantitative estimate of drug-likeness (QED) is 0.563. The zero-order valence-corrected chi connectivity index (χ0v) is 6.96. The summed E-state index contributed by atoms with van der Waals surface area (Å²) in [4.78, 5) is 0. The minimum absolute atomic E-state index is 0.0193. The van der Waals surface area contributed by atoms with Gasteiger partial charge in [0.05, 0.1) is 10.0 Å². The van der Waals surface area contributed by atoms with Crippen molar-refractivity contribution in [2.45, 2.75) is 0 Å². The molecular formula is C6H2Cl3O. The fourth-order valence-electron chi connectivity index (χ4n) is 0.508. The number of benzene rings is 1. The zero-order valence-electron chi connectivity index (χ0n) is 4.70. The van der Waals surface area contributed by atoms with Gasteiger partial charge in [-0.2, -0.15) is 0 Å². The topological polar surface area (TPSA) is 19.9 Å². The van der Waals surface area contributed by atoms with Crippen LogP contribution in [0.2, 0.25) is 15.1 Å². The summed E-state index contributed by atoms with van der Waals surface area (Å²) in [7, 11) is 0. The number of rotatable bonds is 0. The fraction of sp³-hybridized carbons (Fsp3) is 0. The molecule has 1 nitrogen and oxygen atoms in total. The van der Waals surface area contributed by atoms with Crippen LogP contribution in [-0.2, 0) is 5.11 Å². The number of hydrogen-bond acceptors (Lipinski definition) is 0. The molecule has 1 aromatic rings. The highest BCUT2D eigenvalue weighted by Gasteiger charge is 2.07. The zero-order chi connectivity index (χ0) is 7.72. The lowest BCUT2D eigenvalue weighted by molar-refractivity contribution is 0.355. The molecule has 0 saturated heterocycles. The fourth-order valence-corrected chi connectivity index (χ4v) is 1.03. The van der Waals surface area contributed by atoms with Gasteiger partial charge in [0.2, 0.25) is 0 Å². The van der Waals surface area contributed by atoms with Gasteiger partial charge in [-0.3, -0.25) is 5.11 Å². The first-order chi connectivity index (χ1) is 4.63. The van der Waals surface area contributed by atoms with Gasteiger partial charge in [0.15, 0.2) is 5.75 Å². The molecule has 0 aliphatic rings. The minimum atomic E-state index is -0.309. The van der Waals surface area contributed by atoms with E-state index >= 15 is 0 Å². The molecular weight excluding hydrogens is 194 g/mol. The van der Waals surface area contributed by atoms with Crippen molar-refractivity contribution in [2.24, 2.45) is 0 Å². The largest absolute Gasteiger partial charge is 0.288 e. The molecule has 4 heteroatoms. The first kappa shape index (κ1) is 7.99. The van der Waals surface area contributed by atoms with Gasteiger partial charge in [0.1, 0.15) is 5.02 Å². The highest BCUT2D eigenvalue weighted by atomic mass is 35.5. The van der Waals surface area contributed by atoms with E-state index in [-0.39, 0.29) is 15.8 Å². The Morgan fingerprint density at radius 2 is 1.60 bits per heavy atom. The van der Waals surface area contributed by atoms with Crippen LogP contribution in [0.25, 0.3) is 0 Å². The second-order valence-corrected chi connectivity index (χ2v) is 2.84. The Morgan fingerprint density at radius 1 is 1.00 bits per heavy atom. The molecule has 0 aliphatic heterocycles. The summed E-state index contributed by atoms with van der Waals surface area (Å²) in [5, 5.41) is 11.1. The van der Waals surface area contributed by atoms with Crippen molar-refractivity contribution in [3.05, 3.63) is 27.2 Å². The Morgan fingerprint density at radius 3 is 2.10 bits per heavy atom. The van der Waals surface area contributed by atoms with Gasteiger partial charge in [-0.25, -0.2) is 0 Å². The molecule has 0 spiro atoms. The molecule has 10 heavy (non-hydrogen) atoms. The number of halogens is 3. The lowest BCUT2D eigenvalue weighted by Gasteiger charge is -1.96. The Bertz CT molecular complexity index is 232. The van der Waals surface area contributed by atoms with Crippen LogP contribution in [0.3, 0.4) is 0 Å². The van der Waals surface area contributed by atoms with Gasteiger partial charge in [-0.15, -0.1) is 0 Å². The summed E-state index contributed by atoms with van der Waals surface area (Å²) >= 11 is 16.5. The van der Waals surface area contributed by atoms with E-state index < -0.39 is 0 Å². The molecule has 0 aromatic heterocycles. The molecule has 0 N–H and O–H groups in total. The molecule has 0 heterocycles. The third kappa shape index (κ3) is 1.31. The molecule has 0 unspecified atom stereocenters. The third-order valence-corrected chi connectivity index (χ3v) is 2.28. The third-order valence-electron chi connectivity index (χ3n) is 1.000. The predicted molar refractivity (Wildman–Crippen MR) is 41.6 cm³/mol. The number of hydrogen-bond donors (Lipinski definition) is 0. The van der Waals surface area contributed by atoms with E-state index in [1.54, 1.807) is 0 Å². The van der Waals surface area contributed by atoms with Crippen molar-refractivity contribution in [1.29, 1.82) is 0 Å². The summed E-state index contributed by atoms with van der Waals surface area (Å²) in [5.74, 6) is -0.309. The molecule has 0 atom stereocenters. The van der Waals surface area contributed by atoms with Crippen molar-refractivity contribution in [3.63, 3.8) is 0 Å². The molecule has 1 aromatic carbocycles. The van der Waals surface area contributed by atoms with Crippen LogP contribution in [0.5, 0.6) is 5.75 Å². The van der Waals surface area contributed by atoms with Crippen molar-refractivity contribution in [1.82, 2.24) is 0 Å². The Kier molecular flexibility index (Phi) is 2.29. The lowest BCUT2D eigenvalue weighted by Crippen LogP contribution is -1.70. The van der Waals surface area contributed by atoms with E-state index in [0.29, 0.717) is 5.02 Å². The monoisotopic (exact) mass is 195 g/mol. The molecule has 1 rings (SSSR count). The first-order valence-electron chi connectivity index (χ1n) is 2.43. The molecule has 1 radical (unpaired) electrons. The Balaban J connectivity index is 3.34. The van der Waals surface area contributed by atoms with Crippen molar-refractivity contribution < 1.29 is 5.11 Å². The van der Waals surface area contributed by atoms with E-state index in [9.17, 15) is 5.11 Å². The predicted octanol–water partition coefficient (Wildman–Crippen LogP) is 3.79. The van der Waals surface area contributed by atoms with Crippen LogP contribution in [0.1, 0.15) is 0 Å². The smallest absolute Gasteiger partial charge is 0.198 e. The average Bonchev–Trinajstić information content (AvgIpc) is 1.93. The van der Waals surface area contributed by atoms with Crippen LogP contribution in [0.4, 0.5) is 0 Å². The second kappa shape index (κ2) is 2.87. The highest BCUT2D eigenvalue weighted by Crippen LogP contribution is 2.36. The molecule has 0 aliphatic carbocycles. The van der Waals surface area contributed by atoms with E-state index in [1.807, 2.05) is 0 Å². The van der Waals surface area contributed by atoms with E-state index in [0.717, 1.165) is 0 Å². The maximum Gasteiger partial charge on any atom is 0.198 e. The van der Waals surface area contributed by atoms with Crippen molar-refractivity contribution in [3.8, 4) is 5.75 Å². The van der Waals surface area contributed by atoms with Crippen LogP contribution < -0.4 is 0 Å². The lowest BCUT2D eigenvalue weighted by atomic mass is 10.3. The van der Waals surface area contributed by atoms with Crippen molar-refractivity contribution >= 4 is 34.8 Å². The van der Waals surface area contributed by atoms with Crippen LogP contribution in [0.15, 0.2) is 12.1 Å². The molecule has 0 saturated carbocycles. The first-order valence-corrected chi connectivity index (χ1v) is 3.57. The maximum absolute atomic E-state index is 10.7. The average molecular weight is 196 g/mol. The van der Waals surface area contributed by atoms with Crippen LogP contribution >= 0.6 is 34.8 Å². The molecule has 0 amide bonds. The van der Waals surface area contributed by atoms with Gasteiger partial charge in [0, 0.05) is 0 Å². The van der Waals surface area contributed by atoms with E-state index in [2.05, 4.69) is 0 Å². The van der Waals surface area contributed by atoms with Gasteiger partial charge in [-0.1, -0.05) is 34.8 Å². The van der Waals surface area contributed by atoms with Crippen molar-refractivity contribution in [2.75, 3.05) is 0 Å². The Hall–Kier alpha value is -0.110. The van der Waals surface area contributed by atoms with Gasteiger partial charge < -0.3 is 0 Å². The standard InChI is InChI=1S/C6H2Cl3O/c7-3-1-2-4(10)6(9)5(3)8/h1-2H. The molecule has 0 fully saturated rings. The van der Waals surface area contributed by atoms with E-state index in [4.69, 9.17) is 34.8 Å². The summed E-state index contributed by atoms with van der Waals surface area (Å²) in [5.41, 5.74) is 0. The van der Waals surface area contributed by atoms with Gasteiger partial charge in [0.25, 0.3) is 0 Å². The Labute approximate surface area is 73.1 Å². The summed E-state index contributed by atoms with van der Waals surface area (Å²) in [6.45, 7) is 0. The summed E-state index contributed by atoms with van der Waals surface area (Å²) in [6.07, 6.45) is 0. The van der Waals surface area contributed by atoms with E-state index in [1.165, 1.54) is 12.1 Å². The maximum atomic E-state index is 10.7. The van der Waals surface area contributed by atoms with Crippen LogP contribution in [-0.4, -0.2) is 0 Å². The SMILES string of the molecule is [O]c1ccc(Cl)c(Cl)c1Cl. The normalized spacial score (nSPS) is 9.90.